The zero-order chi connectivity index (χ0) is 18.2. The number of primary amides is 1. The van der Waals surface area contributed by atoms with E-state index in [0.29, 0.717) is 18.7 Å². The molecule has 0 radical (unpaired) electrons. The van der Waals surface area contributed by atoms with E-state index in [1.807, 2.05) is 0 Å². The van der Waals surface area contributed by atoms with Crippen LogP contribution in [0.3, 0.4) is 0 Å². The van der Waals surface area contributed by atoms with Crippen LogP contribution in [-0.4, -0.2) is 42.8 Å². The second-order valence-corrected chi connectivity index (χ2v) is 7.82. The number of piperazine rings is 1. The van der Waals surface area contributed by atoms with Crippen molar-refractivity contribution in [2.24, 2.45) is 12.8 Å². The fourth-order valence-corrected chi connectivity index (χ4v) is 4.71. The van der Waals surface area contributed by atoms with Crippen LogP contribution in [0.25, 0.3) is 0 Å². The maximum Gasteiger partial charge on any atom is 0.265 e. The summed E-state index contributed by atoms with van der Waals surface area (Å²) in [5.74, 6) is -1.12. The first kappa shape index (κ1) is 20.4. The number of halogens is 2. The summed E-state index contributed by atoms with van der Waals surface area (Å²) in [6.45, 7) is 1.10. The number of amides is 1. The van der Waals surface area contributed by atoms with Crippen LogP contribution in [0.1, 0.15) is 22.1 Å². The van der Waals surface area contributed by atoms with Gasteiger partial charge < -0.3 is 15.6 Å². The Labute approximate surface area is 157 Å². The number of nitrogens with one attached hydrogen (secondary N) is 1. The number of nitrogens with two attached hydrogens (primary N) is 1. The second-order valence-electron chi connectivity index (χ2n) is 5.93. The standard InChI is InChI=1S/C16H19FN4O3S.ClH/c1-20-10-13(8-14(20)16(18)22)25(23,24)21-6-5-19-9-15(21)11-3-2-4-12(17)7-11;/h2-4,7-8,10,15,19H,5-6,9H2,1H3,(H2,18,22);1H. The van der Waals surface area contributed by atoms with Crippen molar-refractivity contribution in [2.45, 2.75) is 10.9 Å². The number of hydrogen-bond acceptors (Lipinski definition) is 4. The Bertz CT molecular complexity index is 916. The van der Waals surface area contributed by atoms with Crippen LogP contribution >= 0.6 is 12.4 Å². The summed E-state index contributed by atoms with van der Waals surface area (Å²) in [5.41, 5.74) is 5.94. The first-order chi connectivity index (χ1) is 11.8. The van der Waals surface area contributed by atoms with Crippen LogP contribution in [0.4, 0.5) is 4.39 Å². The summed E-state index contributed by atoms with van der Waals surface area (Å²) in [6.07, 6.45) is 1.36. The monoisotopic (exact) mass is 402 g/mol. The summed E-state index contributed by atoms with van der Waals surface area (Å²) >= 11 is 0. The quantitative estimate of drug-likeness (QED) is 0.797. The highest BCUT2D eigenvalue weighted by atomic mass is 35.5. The maximum atomic E-state index is 13.6. The van der Waals surface area contributed by atoms with E-state index in [1.54, 1.807) is 19.2 Å². The third-order valence-corrected chi connectivity index (χ3v) is 6.14. The van der Waals surface area contributed by atoms with Crippen molar-refractivity contribution in [1.29, 1.82) is 0 Å². The lowest BCUT2D eigenvalue weighted by molar-refractivity contribution is 0.0992. The highest BCUT2D eigenvalue weighted by molar-refractivity contribution is 7.89. The Morgan fingerprint density at radius 2 is 2.08 bits per heavy atom. The maximum absolute atomic E-state index is 13.6. The molecule has 1 fully saturated rings. The molecule has 3 N–H and O–H groups in total. The van der Waals surface area contributed by atoms with E-state index in [1.165, 1.54) is 33.3 Å². The molecule has 1 aliphatic rings. The molecule has 10 heteroatoms. The number of sulfonamides is 1. The van der Waals surface area contributed by atoms with E-state index >= 15 is 0 Å². The summed E-state index contributed by atoms with van der Waals surface area (Å²) in [6, 6.07) is 6.63. The molecule has 1 amide bonds. The van der Waals surface area contributed by atoms with Gasteiger partial charge in [0, 0.05) is 32.9 Å². The molecule has 2 aromatic rings. The van der Waals surface area contributed by atoms with Crippen molar-refractivity contribution in [3.63, 3.8) is 0 Å². The van der Waals surface area contributed by atoms with Gasteiger partial charge in [0.15, 0.2) is 0 Å². The number of carbonyl (C=O) groups excluding carboxylic acids is 1. The van der Waals surface area contributed by atoms with Crippen LogP contribution in [0, 0.1) is 5.82 Å². The average molecular weight is 403 g/mol. The van der Waals surface area contributed by atoms with Crippen LogP contribution < -0.4 is 11.1 Å². The largest absolute Gasteiger partial charge is 0.364 e. The lowest BCUT2D eigenvalue weighted by Gasteiger charge is -2.35. The Balaban J connectivity index is 0.00000243. The zero-order valence-corrected chi connectivity index (χ0v) is 15.7. The first-order valence-corrected chi connectivity index (χ1v) is 9.19. The van der Waals surface area contributed by atoms with Crippen molar-refractivity contribution in [3.05, 3.63) is 53.6 Å². The summed E-state index contributed by atoms with van der Waals surface area (Å²) in [7, 11) is -2.31. The Morgan fingerprint density at radius 1 is 1.35 bits per heavy atom. The van der Waals surface area contributed by atoms with E-state index in [4.69, 9.17) is 5.73 Å². The molecule has 7 nitrogen and oxygen atoms in total. The summed E-state index contributed by atoms with van der Waals surface area (Å²) in [5, 5.41) is 3.13. The Kier molecular flexibility index (Phi) is 6.07. The van der Waals surface area contributed by atoms with E-state index in [-0.39, 0.29) is 29.5 Å². The van der Waals surface area contributed by atoms with Gasteiger partial charge >= 0.3 is 0 Å². The number of nitrogens with zero attached hydrogens (tertiary/aromatic N) is 2. The normalized spacial score (nSPS) is 18.3. The van der Waals surface area contributed by atoms with Gasteiger partial charge in [-0.25, -0.2) is 12.8 Å². The Morgan fingerprint density at radius 3 is 2.69 bits per heavy atom. The number of aromatic nitrogens is 1. The van der Waals surface area contributed by atoms with Gasteiger partial charge in [-0.05, 0) is 23.8 Å². The minimum atomic E-state index is -3.87. The smallest absolute Gasteiger partial charge is 0.265 e. The molecule has 1 saturated heterocycles. The van der Waals surface area contributed by atoms with E-state index in [2.05, 4.69) is 5.32 Å². The van der Waals surface area contributed by atoms with Gasteiger partial charge in [0.25, 0.3) is 5.91 Å². The average Bonchev–Trinajstić information content (AvgIpc) is 2.98. The molecule has 26 heavy (non-hydrogen) atoms. The molecule has 1 aliphatic heterocycles. The molecule has 1 aromatic heterocycles. The molecule has 3 rings (SSSR count). The molecule has 0 bridgehead atoms. The van der Waals surface area contributed by atoms with Gasteiger partial charge in [0.1, 0.15) is 16.4 Å². The topological polar surface area (TPSA) is 97.4 Å². The molecule has 1 unspecified atom stereocenters. The number of hydrogen-bond donors (Lipinski definition) is 2. The zero-order valence-electron chi connectivity index (χ0n) is 14.1. The molecule has 142 valence electrons. The van der Waals surface area contributed by atoms with Crippen LogP contribution in [0.15, 0.2) is 41.4 Å². The first-order valence-electron chi connectivity index (χ1n) is 7.75. The van der Waals surface area contributed by atoms with Gasteiger partial charge in [0.05, 0.1) is 6.04 Å². The molecular formula is C16H20ClFN4O3S. The van der Waals surface area contributed by atoms with Crippen molar-refractivity contribution in [1.82, 2.24) is 14.2 Å². The lowest BCUT2D eigenvalue weighted by Crippen LogP contribution is -2.48. The summed E-state index contributed by atoms with van der Waals surface area (Å²) in [4.78, 5) is 11.4. The third kappa shape index (κ3) is 3.75. The van der Waals surface area contributed by atoms with Crippen molar-refractivity contribution in [3.8, 4) is 0 Å². The van der Waals surface area contributed by atoms with Gasteiger partial charge in [-0.15, -0.1) is 12.4 Å². The van der Waals surface area contributed by atoms with E-state index in [9.17, 15) is 17.6 Å². The third-order valence-electron chi connectivity index (χ3n) is 4.27. The highest BCUT2D eigenvalue weighted by Crippen LogP contribution is 2.29. The highest BCUT2D eigenvalue weighted by Gasteiger charge is 2.35. The van der Waals surface area contributed by atoms with Gasteiger partial charge in [0.2, 0.25) is 10.0 Å². The predicted molar refractivity (Wildman–Crippen MR) is 97.1 cm³/mol. The van der Waals surface area contributed by atoms with Gasteiger partial charge in [-0.2, -0.15) is 4.31 Å². The van der Waals surface area contributed by atoms with E-state index in [0.717, 1.165) is 0 Å². The van der Waals surface area contributed by atoms with Crippen molar-refractivity contribution >= 4 is 28.3 Å². The molecule has 0 saturated carbocycles. The number of rotatable bonds is 4. The molecule has 0 aliphatic carbocycles. The molecule has 2 heterocycles. The van der Waals surface area contributed by atoms with Crippen LogP contribution in [0.2, 0.25) is 0 Å². The van der Waals surface area contributed by atoms with Crippen LogP contribution in [0.5, 0.6) is 0 Å². The minimum absolute atomic E-state index is 0. The predicted octanol–water partition coefficient (Wildman–Crippen LogP) is 1.02. The SMILES string of the molecule is Cl.Cn1cc(S(=O)(=O)N2CCNCC2c2cccc(F)c2)cc1C(N)=O. The van der Waals surface area contributed by atoms with Crippen LogP contribution in [-0.2, 0) is 17.1 Å². The fourth-order valence-electron chi connectivity index (χ4n) is 3.03. The second kappa shape index (κ2) is 7.75. The number of carbonyl (C=O) groups is 1. The molecule has 1 aromatic carbocycles. The lowest BCUT2D eigenvalue weighted by atomic mass is 10.1. The van der Waals surface area contributed by atoms with E-state index < -0.39 is 27.8 Å². The Hall–Kier alpha value is -1.94. The summed E-state index contributed by atoms with van der Waals surface area (Å²) < 4.78 is 42.5. The van der Waals surface area contributed by atoms with Gasteiger partial charge in [-0.3, -0.25) is 4.79 Å². The minimum Gasteiger partial charge on any atom is -0.364 e. The number of aryl methyl sites for hydroxylation is 1. The van der Waals surface area contributed by atoms with Crippen molar-refractivity contribution in [2.75, 3.05) is 19.6 Å². The van der Waals surface area contributed by atoms with Gasteiger partial charge in [-0.1, -0.05) is 12.1 Å². The van der Waals surface area contributed by atoms with Crippen molar-refractivity contribution < 1.29 is 17.6 Å². The molecule has 0 spiro atoms. The fraction of sp³-hybridized carbons (Fsp3) is 0.312. The molecule has 1 atom stereocenters. The number of benzene rings is 1. The molecular weight excluding hydrogens is 383 g/mol.